The quantitative estimate of drug-likeness (QED) is 0.0772. The molecule has 1 aromatic carbocycles. The third kappa shape index (κ3) is 16.4. The van der Waals surface area contributed by atoms with E-state index >= 15 is 0 Å². The van der Waals surface area contributed by atoms with Gasteiger partial charge in [0, 0.05) is 58.5 Å². The average molecular weight is 1060 g/mol. The number of carbonyl (C=O) groups is 6. The normalized spacial score (nSPS) is 36.0. The van der Waals surface area contributed by atoms with Crippen molar-refractivity contribution in [2.75, 3.05) is 27.9 Å². The molecule has 1 aromatic rings. The summed E-state index contributed by atoms with van der Waals surface area (Å²) in [4.78, 5) is 96.2. The number of esters is 1. The van der Waals surface area contributed by atoms with Crippen molar-refractivity contribution in [3.63, 3.8) is 0 Å². The number of cyclic esters (lactones) is 1. The summed E-state index contributed by atoms with van der Waals surface area (Å²) in [5.41, 5.74) is 1.38. The van der Waals surface area contributed by atoms with Crippen molar-refractivity contribution in [1.29, 1.82) is 0 Å². The van der Waals surface area contributed by atoms with Crippen LogP contribution in [0.5, 0.6) is 5.75 Å². The molecule has 76 heavy (non-hydrogen) atoms. The SMILES string of the molecule is CO[C@H]1C[C@@H]2CC[C@@H](C)[C@@](O)(O2)C(=O)C(=O)N2CCCC[C@H]2C(=O)O[C@H]([C@H](C)C[C@@H]2CC[C@@H](OC(=O)Oc3ccc(N=O)cc3)[C@H](OC)C2)CC(=O)[C@H](C)/C=C(\C)[C@@H](O)[C@@H](OC)C(=O)[C@H](C)C[C@H](C)/C=C/C=C/C=C/1C. The van der Waals surface area contributed by atoms with Gasteiger partial charge in [0.25, 0.3) is 11.7 Å². The molecule has 4 aliphatic rings. The van der Waals surface area contributed by atoms with Crippen molar-refractivity contribution in [2.24, 2.45) is 40.7 Å². The van der Waals surface area contributed by atoms with Crippen LogP contribution in [0.3, 0.4) is 0 Å². The molecule has 15 atom stereocenters. The smallest absolute Gasteiger partial charge is 0.460 e. The molecule has 3 fully saturated rings. The number of benzene rings is 1. The molecule has 2 bridgehead atoms. The molecule has 5 rings (SSSR count). The van der Waals surface area contributed by atoms with Gasteiger partial charge < -0.3 is 48.3 Å². The van der Waals surface area contributed by atoms with E-state index in [-0.39, 0.29) is 54.2 Å². The fourth-order valence-corrected chi connectivity index (χ4v) is 11.1. The molecule has 0 aromatic heterocycles. The molecular weight excluding hydrogens is 981 g/mol. The number of ether oxygens (including phenoxy) is 7. The Kier molecular flexibility index (Phi) is 23.5. The Bertz CT molecular complexity index is 2290. The van der Waals surface area contributed by atoms with Crippen molar-refractivity contribution >= 4 is 41.1 Å². The third-order valence-corrected chi connectivity index (χ3v) is 15.8. The highest BCUT2D eigenvalue weighted by Gasteiger charge is 2.53. The number of allylic oxidation sites excluding steroid dienone is 6. The number of nitrogens with zero attached hydrogens (tertiary/aromatic N) is 2. The summed E-state index contributed by atoms with van der Waals surface area (Å²) < 4.78 is 40.8. The van der Waals surface area contributed by atoms with Crippen molar-refractivity contribution in [1.82, 2.24) is 4.90 Å². The van der Waals surface area contributed by atoms with Crippen LogP contribution < -0.4 is 4.74 Å². The van der Waals surface area contributed by atoms with Crippen LogP contribution in [0.4, 0.5) is 10.5 Å². The number of rotatable bonds is 9. The van der Waals surface area contributed by atoms with Gasteiger partial charge in [0.15, 0.2) is 5.78 Å². The number of carbonyl (C=O) groups excluding carboxylic acids is 6. The highest BCUT2D eigenvalue weighted by atomic mass is 16.7. The third-order valence-electron chi connectivity index (χ3n) is 15.8. The van der Waals surface area contributed by atoms with Crippen LogP contribution in [0.1, 0.15) is 126 Å². The van der Waals surface area contributed by atoms with Gasteiger partial charge in [-0.25, -0.2) is 9.59 Å². The number of piperidine rings is 1. The lowest BCUT2D eigenvalue weighted by Crippen LogP contribution is -2.61. The lowest BCUT2D eigenvalue weighted by Gasteiger charge is -2.42. The van der Waals surface area contributed by atoms with Crippen LogP contribution in [0, 0.1) is 40.4 Å². The molecule has 18 heteroatoms. The molecule has 0 unspecified atom stereocenters. The summed E-state index contributed by atoms with van der Waals surface area (Å²) in [5, 5.41) is 26.4. The minimum absolute atomic E-state index is 0.00866. The van der Waals surface area contributed by atoms with Crippen LogP contribution in [0.25, 0.3) is 0 Å². The highest BCUT2D eigenvalue weighted by molar-refractivity contribution is 6.39. The number of amides is 1. The van der Waals surface area contributed by atoms with E-state index < -0.39 is 102 Å². The maximum atomic E-state index is 14.6. The first-order valence-corrected chi connectivity index (χ1v) is 26.9. The van der Waals surface area contributed by atoms with Gasteiger partial charge in [0.1, 0.15) is 47.7 Å². The van der Waals surface area contributed by atoms with Crippen molar-refractivity contribution < 1.29 is 72.1 Å². The van der Waals surface area contributed by atoms with E-state index in [1.54, 1.807) is 40.9 Å². The minimum Gasteiger partial charge on any atom is -0.460 e. The van der Waals surface area contributed by atoms with Crippen molar-refractivity contribution in [3.8, 4) is 5.75 Å². The van der Waals surface area contributed by atoms with Gasteiger partial charge in [-0.3, -0.25) is 19.2 Å². The maximum Gasteiger partial charge on any atom is 0.514 e. The standard InChI is InChI=1S/C58H82N2O16/c1-34-16-12-11-13-17-35(2)48(70-8)32-44-23-19-40(7)58(68,76-44)54(64)55(65)60-27-15-14-18-45(60)56(66)74-49(33-46(61)36(3)29-39(6)52(63)53(72-10)51(62)38(5)28-34)37(4)30-41-20-26-47(50(31-41)71-9)75-57(67)73-43-24-21-42(59-69)22-25-43/h11-13,16-17,21-22,24-25,29,34,36-38,40-41,44-45,47-50,52-53,63,68H,14-15,18-20,23,26-28,30-33H2,1-10H3/b13-11+,16-12+,35-17+,39-29+/t34-,36-,37-,38-,40-,41+,44+,45+,47-,48+,49+,50-,52-,53+,58-/m1/s1. The van der Waals surface area contributed by atoms with Gasteiger partial charge in [-0.15, -0.1) is 4.91 Å². The predicted octanol–water partition coefficient (Wildman–Crippen LogP) is 8.80. The van der Waals surface area contributed by atoms with Gasteiger partial charge in [-0.2, -0.15) is 0 Å². The molecule has 3 heterocycles. The van der Waals surface area contributed by atoms with Gasteiger partial charge >= 0.3 is 12.1 Å². The maximum absolute atomic E-state index is 14.6. The van der Waals surface area contributed by atoms with E-state index in [1.807, 2.05) is 51.2 Å². The molecule has 420 valence electrons. The molecule has 1 saturated carbocycles. The van der Waals surface area contributed by atoms with Crippen LogP contribution in [-0.4, -0.2) is 133 Å². The molecular formula is C58H82N2O16. The van der Waals surface area contributed by atoms with Crippen molar-refractivity contribution in [3.05, 3.63) is 76.8 Å². The van der Waals surface area contributed by atoms with Crippen LogP contribution >= 0.6 is 0 Å². The fourth-order valence-electron chi connectivity index (χ4n) is 11.1. The average Bonchev–Trinajstić information content (AvgIpc) is 3.40. The largest absolute Gasteiger partial charge is 0.514 e. The number of aliphatic hydroxyl groups is 2. The fraction of sp³-hybridized carbons (Fsp3) is 0.655. The van der Waals surface area contributed by atoms with Gasteiger partial charge in [0.2, 0.25) is 5.79 Å². The topological polar surface area (TPSA) is 240 Å². The molecule has 3 aliphatic heterocycles. The zero-order valence-electron chi connectivity index (χ0n) is 46.1. The number of nitroso groups, excluding NO2 is 1. The minimum atomic E-state index is -2.47. The summed E-state index contributed by atoms with van der Waals surface area (Å²) in [6.45, 7) is 12.5. The van der Waals surface area contributed by atoms with E-state index in [4.69, 9.17) is 33.2 Å². The second kappa shape index (κ2) is 28.9. The Balaban J connectivity index is 1.42. The summed E-state index contributed by atoms with van der Waals surface area (Å²) in [5.74, 6) is -8.46. The Morgan fingerprint density at radius 2 is 1.58 bits per heavy atom. The molecule has 2 N–H and O–H groups in total. The first-order valence-electron chi connectivity index (χ1n) is 26.9. The lowest BCUT2D eigenvalue weighted by molar-refractivity contribution is -0.265. The lowest BCUT2D eigenvalue weighted by atomic mass is 9.78. The monoisotopic (exact) mass is 1060 g/mol. The number of ketones is 3. The van der Waals surface area contributed by atoms with Crippen LogP contribution in [0.15, 0.2) is 77.0 Å². The number of fused-ring (bicyclic) bond motifs is 3. The van der Waals surface area contributed by atoms with E-state index in [1.165, 1.54) is 38.5 Å². The number of hydrogen-bond donors (Lipinski definition) is 2. The van der Waals surface area contributed by atoms with E-state index in [9.17, 15) is 43.9 Å². The van der Waals surface area contributed by atoms with Crippen LogP contribution in [-0.2, 0) is 52.4 Å². The highest BCUT2D eigenvalue weighted by Crippen LogP contribution is 2.38. The Hall–Kier alpha value is -5.24. The molecule has 0 spiro atoms. The van der Waals surface area contributed by atoms with E-state index in [0.29, 0.717) is 69.8 Å². The molecule has 1 amide bonds. The summed E-state index contributed by atoms with van der Waals surface area (Å²) in [6.07, 6.45) is 8.83. The van der Waals surface area contributed by atoms with E-state index in [2.05, 4.69) is 5.18 Å². The molecule has 0 radical (unpaired) electrons. The Labute approximate surface area is 447 Å². The van der Waals surface area contributed by atoms with E-state index in [0.717, 1.165) is 10.5 Å². The Morgan fingerprint density at radius 3 is 2.25 bits per heavy atom. The summed E-state index contributed by atoms with van der Waals surface area (Å²) in [7, 11) is 4.44. The van der Waals surface area contributed by atoms with Crippen molar-refractivity contribution in [2.45, 2.75) is 180 Å². The number of Topliss-reactive ketones (excluding diaryl/α,β-unsaturated/α-hetero) is 3. The zero-order valence-corrected chi connectivity index (χ0v) is 46.1. The Morgan fingerprint density at radius 1 is 0.855 bits per heavy atom. The molecule has 2 saturated heterocycles. The van der Waals surface area contributed by atoms with Crippen LogP contribution in [0.2, 0.25) is 0 Å². The number of methoxy groups -OCH3 is 3. The molecule has 18 nitrogen and oxygen atoms in total. The predicted molar refractivity (Wildman–Crippen MR) is 282 cm³/mol. The first-order chi connectivity index (χ1) is 36.1. The second-order valence-electron chi connectivity index (χ2n) is 21.6. The number of aliphatic hydroxyl groups excluding tert-OH is 1. The van der Waals surface area contributed by atoms with Gasteiger partial charge in [-0.05, 0) is 136 Å². The first kappa shape index (κ1) is 61.6. The zero-order chi connectivity index (χ0) is 55.9. The van der Waals surface area contributed by atoms with Gasteiger partial charge in [0.05, 0.1) is 18.3 Å². The summed E-state index contributed by atoms with van der Waals surface area (Å²) in [6, 6.07) is 4.46. The molecule has 1 aliphatic carbocycles. The second-order valence-corrected chi connectivity index (χ2v) is 21.6. The number of hydrogen-bond acceptors (Lipinski definition) is 17. The van der Waals surface area contributed by atoms with Gasteiger partial charge in [-0.1, -0.05) is 71.1 Å². The summed E-state index contributed by atoms with van der Waals surface area (Å²) >= 11 is 0.